The zero-order chi connectivity index (χ0) is 23.7. The van der Waals surface area contributed by atoms with E-state index in [1.807, 2.05) is 18.2 Å². The fourth-order valence-corrected chi connectivity index (χ4v) is 4.36. The first-order chi connectivity index (χ1) is 16.5. The Hall–Kier alpha value is -3.59. The monoisotopic (exact) mass is 468 g/mol. The first kappa shape index (κ1) is 22.2. The highest BCUT2D eigenvalue weighted by Crippen LogP contribution is 2.31. The van der Waals surface area contributed by atoms with E-state index in [4.69, 9.17) is 18.6 Å². The van der Waals surface area contributed by atoms with Crippen molar-refractivity contribution in [2.75, 3.05) is 33.4 Å². The Morgan fingerprint density at radius 2 is 1.88 bits per heavy atom. The van der Waals surface area contributed by atoms with Crippen LogP contribution >= 0.6 is 0 Å². The van der Waals surface area contributed by atoms with Gasteiger partial charge in [-0.3, -0.25) is 14.5 Å². The van der Waals surface area contributed by atoms with Gasteiger partial charge in [-0.15, -0.1) is 0 Å². The van der Waals surface area contributed by atoms with E-state index in [1.54, 1.807) is 0 Å². The summed E-state index contributed by atoms with van der Waals surface area (Å²) in [7, 11) is 1.32. The van der Waals surface area contributed by atoms with E-state index in [1.165, 1.54) is 13.2 Å². The lowest BCUT2D eigenvalue weighted by Crippen LogP contribution is -2.44. The molecule has 2 aromatic carbocycles. The average molecular weight is 468 g/mol. The molecule has 34 heavy (non-hydrogen) atoms. The van der Waals surface area contributed by atoms with Crippen LogP contribution in [0.3, 0.4) is 0 Å². The van der Waals surface area contributed by atoms with Crippen LogP contribution in [-0.4, -0.2) is 50.3 Å². The van der Waals surface area contributed by atoms with Crippen molar-refractivity contribution in [2.24, 2.45) is 0 Å². The van der Waals surface area contributed by atoms with E-state index in [2.05, 4.69) is 10.2 Å². The van der Waals surface area contributed by atoms with E-state index in [0.717, 1.165) is 61.7 Å². The number of hydrogen-bond acceptors (Lipinski definition) is 7. The van der Waals surface area contributed by atoms with Crippen LogP contribution in [0.25, 0.3) is 11.0 Å². The number of rotatable bonds is 5. The number of carbonyl (C=O) groups is 1. The number of fused-ring (bicyclic) bond motifs is 2. The number of carbonyl (C=O) groups excluding carboxylic acids is 1. The third kappa shape index (κ3) is 4.56. The summed E-state index contributed by atoms with van der Waals surface area (Å²) in [4.78, 5) is 27.5. The van der Waals surface area contributed by atoms with Gasteiger partial charge >= 0.3 is 0 Å². The lowest BCUT2D eigenvalue weighted by atomic mass is 10.0. The number of nitrogens with one attached hydrogen (secondary N) is 1. The molecule has 3 heterocycles. The number of halogens is 1. The number of methoxy groups -OCH3 is 1. The van der Waals surface area contributed by atoms with Crippen molar-refractivity contribution in [2.45, 2.75) is 25.4 Å². The van der Waals surface area contributed by atoms with Crippen LogP contribution in [0, 0.1) is 5.82 Å². The molecule has 178 valence electrons. The molecule has 0 radical (unpaired) electrons. The second-order valence-corrected chi connectivity index (χ2v) is 8.46. The van der Waals surface area contributed by atoms with Crippen molar-refractivity contribution in [1.82, 2.24) is 10.2 Å². The smallest absolute Gasteiger partial charge is 0.287 e. The molecule has 8 nitrogen and oxygen atoms in total. The van der Waals surface area contributed by atoms with Gasteiger partial charge in [0.1, 0.15) is 18.8 Å². The number of piperidine rings is 1. The molecule has 5 rings (SSSR count). The Kier molecular flexibility index (Phi) is 6.10. The van der Waals surface area contributed by atoms with Gasteiger partial charge < -0.3 is 23.9 Å². The summed E-state index contributed by atoms with van der Waals surface area (Å²) in [6.07, 6.45) is 1.54. The number of nitrogens with zero attached hydrogens (tertiary/aromatic N) is 1. The highest BCUT2D eigenvalue weighted by Gasteiger charge is 2.23. The minimum absolute atomic E-state index is 0.0345. The number of benzene rings is 2. The normalized spacial score (nSPS) is 16.4. The van der Waals surface area contributed by atoms with E-state index in [9.17, 15) is 14.0 Å². The van der Waals surface area contributed by atoms with Gasteiger partial charge in [0.15, 0.2) is 34.3 Å². The molecule has 0 bridgehead atoms. The van der Waals surface area contributed by atoms with Crippen molar-refractivity contribution in [3.05, 3.63) is 63.8 Å². The molecular weight excluding hydrogens is 443 g/mol. The van der Waals surface area contributed by atoms with Crippen molar-refractivity contribution in [1.29, 1.82) is 0 Å². The maximum absolute atomic E-state index is 13.9. The minimum atomic E-state index is -0.664. The van der Waals surface area contributed by atoms with Crippen LogP contribution < -0.4 is 25.0 Å². The fraction of sp³-hybridized carbons (Fsp3) is 0.360. The van der Waals surface area contributed by atoms with Crippen LogP contribution in [0.4, 0.5) is 4.39 Å². The zero-order valence-electron chi connectivity index (χ0n) is 18.8. The largest absolute Gasteiger partial charge is 0.494 e. The summed E-state index contributed by atoms with van der Waals surface area (Å²) in [5.74, 6) is 0.266. The molecule has 0 atom stereocenters. The maximum Gasteiger partial charge on any atom is 0.287 e. The predicted octanol–water partition coefficient (Wildman–Crippen LogP) is 3.11. The molecule has 0 saturated carbocycles. The first-order valence-electron chi connectivity index (χ1n) is 11.2. The van der Waals surface area contributed by atoms with Crippen molar-refractivity contribution in [3.63, 3.8) is 0 Å². The second kappa shape index (κ2) is 9.34. The van der Waals surface area contributed by atoms with E-state index < -0.39 is 17.2 Å². The Morgan fingerprint density at radius 1 is 1.12 bits per heavy atom. The van der Waals surface area contributed by atoms with Gasteiger partial charge in [0.25, 0.3) is 5.91 Å². The summed E-state index contributed by atoms with van der Waals surface area (Å²) in [5.41, 5.74) is 0.767. The molecule has 2 aliphatic rings. The third-order valence-electron chi connectivity index (χ3n) is 6.16. The Morgan fingerprint density at radius 3 is 2.65 bits per heavy atom. The quantitative estimate of drug-likeness (QED) is 0.615. The molecule has 1 amide bonds. The topological polar surface area (TPSA) is 90.2 Å². The molecule has 9 heteroatoms. The van der Waals surface area contributed by atoms with Gasteiger partial charge in [-0.25, -0.2) is 4.39 Å². The standard InChI is InChI=1S/C25H25FN2O6/c1-31-22-13-21-17(11-18(22)26)19(29)12-24(34-21)25(30)27-16-4-6-28(7-5-16)14-15-2-3-20-23(10-15)33-9-8-32-20/h2-3,10-13,16H,4-9,14H2,1H3,(H,27,30). The second-order valence-electron chi connectivity index (χ2n) is 8.46. The first-order valence-corrected chi connectivity index (χ1v) is 11.2. The molecule has 1 aromatic heterocycles. The van der Waals surface area contributed by atoms with Crippen LogP contribution in [0.15, 0.2) is 45.6 Å². The number of hydrogen-bond donors (Lipinski definition) is 1. The van der Waals surface area contributed by atoms with Crippen LogP contribution in [0.1, 0.15) is 29.0 Å². The van der Waals surface area contributed by atoms with Crippen LogP contribution in [0.2, 0.25) is 0 Å². The molecule has 1 N–H and O–H groups in total. The molecule has 1 saturated heterocycles. The van der Waals surface area contributed by atoms with Crippen LogP contribution in [0.5, 0.6) is 17.2 Å². The summed E-state index contributed by atoms with van der Waals surface area (Å²) in [5, 5.41) is 3.01. The molecule has 1 fully saturated rings. The Labute approximate surface area is 195 Å². The zero-order valence-corrected chi connectivity index (χ0v) is 18.8. The van der Waals surface area contributed by atoms with Gasteiger partial charge in [-0.2, -0.15) is 0 Å². The van der Waals surface area contributed by atoms with Crippen molar-refractivity contribution < 1.29 is 27.8 Å². The molecule has 2 aliphatic heterocycles. The van der Waals surface area contributed by atoms with Crippen LogP contribution in [-0.2, 0) is 6.54 Å². The highest BCUT2D eigenvalue weighted by molar-refractivity contribution is 5.93. The molecule has 3 aromatic rings. The van der Waals surface area contributed by atoms with E-state index >= 15 is 0 Å². The van der Waals surface area contributed by atoms with Gasteiger partial charge in [0.05, 0.1) is 12.5 Å². The Balaban J connectivity index is 1.20. The van der Waals surface area contributed by atoms with E-state index in [-0.39, 0.29) is 28.5 Å². The van der Waals surface area contributed by atoms with Gasteiger partial charge in [0, 0.05) is 37.8 Å². The molecule has 0 spiro atoms. The summed E-state index contributed by atoms with van der Waals surface area (Å²) in [6, 6.07) is 9.40. The lowest BCUT2D eigenvalue weighted by Gasteiger charge is -2.32. The fourth-order valence-electron chi connectivity index (χ4n) is 4.36. The van der Waals surface area contributed by atoms with Gasteiger partial charge in [-0.05, 0) is 36.6 Å². The lowest BCUT2D eigenvalue weighted by molar-refractivity contribution is 0.0881. The number of likely N-dealkylation sites (tertiary alicyclic amines) is 1. The number of ether oxygens (including phenoxy) is 3. The minimum Gasteiger partial charge on any atom is -0.494 e. The molecule has 0 unspecified atom stereocenters. The molecular formula is C25H25FN2O6. The summed E-state index contributed by atoms with van der Waals surface area (Å²) >= 11 is 0. The van der Waals surface area contributed by atoms with Crippen molar-refractivity contribution >= 4 is 16.9 Å². The van der Waals surface area contributed by atoms with Gasteiger partial charge in [0.2, 0.25) is 0 Å². The summed E-state index contributed by atoms with van der Waals surface area (Å²) < 4.78 is 35.7. The highest BCUT2D eigenvalue weighted by atomic mass is 19.1. The Bertz CT molecular complexity index is 1280. The third-order valence-corrected chi connectivity index (χ3v) is 6.16. The average Bonchev–Trinajstić information content (AvgIpc) is 2.85. The van der Waals surface area contributed by atoms with Crippen molar-refractivity contribution in [3.8, 4) is 17.2 Å². The number of amides is 1. The molecule has 0 aliphatic carbocycles. The predicted molar refractivity (Wildman–Crippen MR) is 122 cm³/mol. The SMILES string of the molecule is COc1cc2oc(C(=O)NC3CCN(Cc4ccc5c(c4)OCCO5)CC3)cc(=O)c2cc1F. The summed E-state index contributed by atoms with van der Waals surface area (Å²) in [6.45, 7) is 3.55. The van der Waals surface area contributed by atoms with E-state index in [0.29, 0.717) is 13.2 Å². The van der Waals surface area contributed by atoms with Gasteiger partial charge in [-0.1, -0.05) is 6.07 Å². The maximum atomic E-state index is 13.9.